The molecule has 0 bridgehead atoms. The van der Waals surface area contributed by atoms with E-state index in [4.69, 9.17) is 16.3 Å². The summed E-state index contributed by atoms with van der Waals surface area (Å²) in [6.07, 6.45) is 0. The summed E-state index contributed by atoms with van der Waals surface area (Å²) in [4.78, 5) is 14.6. The van der Waals surface area contributed by atoms with Crippen molar-refractivity contribution in [3.8, 4) is 17.2 Å². The summed E-state index contributed by atoms with van der Waals surface area (Å²) in [7, 11) is 1.32. The zero-order chi connectivity index (χ0) is 23.5. The zero-order valence-electron chi connectivity index (χ0n) is 17.7. The van der Waals surface area contributed by atoms with Gasteiger partial charge in [0.25, 0.3) is 0 Å². The van der Waals surface area contributed by atoms with E-state index < -0.39 is 11.8 Å². The summed E-state index contributed by atoms with van der Waals surface area (Å²) >= 11 is 9.28. The Kier molecular flexibility index (Phi) is 6.94. The van der Waals surface area contributed by atoms with Gasteiger partial charge in [0.15, 0.2) is 0 Å². The van der Waals surface area contributed by atoms with Crippen LogP contribution in [-0.4, -0.2) is 31.1 Å². The first-order chi connectivity index (χ1) is 15.9. The molecule has 1 fully saturated rings. The Balaban J connectivity index is 1.58. The zero-order valence-corrected chi connectivity index (χ0v) is 20.1. The van der Waals surface area contributed by atoms with Gasteiger partial charge in [0.05, 0.1) is 24.3 Å². The van der Waals surface area contributed by atoms with Gasteiger partial charge in [-0.2, -0.15) is 5.26 Å². The molecule has 4 nitrogen and oxygen atoms in total. The van der Waals surface area contributed by atoms with Crippen LogP contribution >= 0.6 is 27.5 Å². The minimum atomic E-state index is -0.487. The molecule has 0 aromatic heterocycles. The van der Waals surface area contributed by atoms with Gasteiger partial charge in [-0.3, -0.25) is 4.90 Å². The second kappa shape index (κ2) is 9.88. The average molecular weight is 526 g/mol. The van der Waals surface area contributed by atoms with E-state index in [2.05, 4.69) is 33.0 Å². The van der Waals surface area contributed by atoms with Crippen molar-refractivity contribution in [3.05, 3.63) is 98.2 Å². The van der Waals surface area contributed by atoms with E-state index in [9.17, 15) is 14.4 Å². The van der Waals surface area contributed by atoms with Gasteiger partial charge < -0.3 is 4.74 Å². The number of carbonyl (C=O) groups is 1. The Morgan fingerprint density at radius 3 is 2.48 bits per heavy atom. The van der Waals surface area contributed by atoms with Crippen LogP contribution in [0.15, 0.2) is 70.7 Å². The van der Waals surface area contributed by atoms with E-state index >= 15 is 0 Å². The lowest BCUT2D eigenvalue weighted by molar-refractivity contribution is -0.133. The quantitative estimate of drug-likeness (QED) is 0.293. The van der Waals surface area contributed by atoms with Crippen LogP contribution < -0.4 is 0 Å². The molecule has 3 aromatic carbocycles. The van der Waals surface area contributed by atoms with Crippen LogP contribution in [0, 0.1) is 17.1 Å². The van der Waals surface area contributed by atoms with Crippen molar-refractivity contribution < 1.29 is 13.9 Å². The third-order valence-corrected chi connectivity index (χ3v) is 6.14. The normalized spacial score (nSPS) is 13.2. The van der Waals surface area contributed by atoms with E-state index in [0.29, 0.717) is 45.8 Å². The summed E-state index contributed by atoms with van der Waals surface area (Å²) in [5.74, 6) is -0.917. The molecule has 7 heteroatoms. The van der Waals surface area contributed by atoms with Crippen molar-refractivity contribution >= 4 is 39.1 Å². The Labute approximate surface area is 205 Å². The van der Waals surface area contributed by atoms with E-state index in [-0.39, 0.29) is 0 Å². The fourth-order valence-corrected chi connectivity index (χ4v) is 4.54. The number of nitriles is 1. The highest BCUT2D eigenvalue weighted by Crippen LogP contribution is 2.31. The molecule has 0 aliphatic carbocycles. The predicted octanol–water partition coefficient (Wildman–Crippen LogP) is 6.22. The van der Waals surface area contributed by atoms with Gasteiger partial charge in [-0.1, -0.05) is 39.7 Å². The fraction of sp³-hybridized carbons (Fsp3) is 0.154. The standard InChI is InChI=1S/C26H19BrClFN2O2/c1-33-26(32)25(20-9-22(27)11-24(29)10-20)21-14-31(15-21)13-17-6-16(12-30)7-19(8-17)18-2-4-23(28)5-3-18/h2-11H,13-15H2,1H3. The monoisotopic (exact) mass is 524 g/mol. The highest BCUT2D eigenvalue weighted by atomic mass is 79.9. The molecule has 0 atom stereocenters. The maximum atomic E-state index is 13.9. The molecular formula is C26H19BrClFN2O2. The second-order valence-corrected chi connectivity index (χ2v) is 9.16. The molecule has 0 radical (unpaired) electrons. The number of ether oxygens (including phenoxy) is 1. The average Bonchev–Trinajstić information content (AvgIpc) is 2.77. The smallest absolute Gasteiger partial charge is 0.338 e. The van der Waals surface area contributed by atoms with Crippen molar-refractivity contribution in [2.24, 2.45) is 0 Å². The highest BCUT2D eigenvalue weighted by Gasteiger charge is 2.28. The Morgan fingerprint density at radius 2 is 1.85 bits per heavy atom. The Bertz CT molecular complexity index is 1270. The van der Waals surface area contributed by atoms with Gasteiger partial charge in [-0.25, -0.2) is 9.18 Å². The predicted molar refractivity (Wildman–Crippen MR) is 130 cm³/mol. The molecule has 1 aliphatic rings. The molecule has 1 heterocycles. The molecule has 166 valence electrons. The van der Waals surface area contributed by atoms with E-state index in [1.807, 2.05) is 36.4 Å². The molecule has 0 saturated carbocycles. The molecule has 0 unspecified atom stereocenters. The van der Waals surface area contributed by atoms with Gasteiger partial charge in [-0.05, 0) is 76.4 Å². The van der Waals surface area contributed by atoms with E-state index in [1.54, 1.807) is 6.07 Å². The fourth-order valence-electron chi connectivity index (χ4n) is 3.95. The summed E-state index contributed by atoms with van der Waals surface area (Å²) in [6, 6.07) is 19.9. The molecule has 0 amide bonds. The van der Waals surface area contributed by atoms with Crippen molar-refractivity contribution in [2.75, 3.05) is 20.2 Å². The van der Waals surface area contributed by atoms with E-state index in [1.165, 1.54) is 19.2 Å². The van der Waals surface area contributed by atoms with Gasteiger partial charge in [0.2, 0.25) is 0 Å². The number of hydrogen-bond donors (Lipinski definition) is 0. The summed E-state index contributed by atoms with van der Waals surface area (Å²) in [5.41, 5.74) is 5.25. The molecule has 0 spiro atoms. The number of likely N-dealkylation sites (tertiary alicyclic amines) is 1. The molecule has 33 heavy (non-hydrogen) atoms. The first-order valence-corrected chi connectivity index (χ1v) is 11.3. The number of rotatable bonds is 5. The second-order valence-electron chi connectivity index (χ2n) is 7.81. The van der Waals surface area contributed by atoms with Crippen LogP contribution in [0.25, 0.3) is 16.7 Å². The van der Waals surface area contributed by atoms with Crippen LogP contribution in [0.5, 0.6) is 0 Å². The highest BCUT2D eigenvalue weighted by molar-refractivity contribution is 9.10. The number of nitrogens with zero attached hydrogens (tertiary/aromatic N) is 2. The van der Waals surface area contributed by atoms with Gasteiger partial charge in [0, 0.05) is 29.1 Å². The molecule has 1 saturated heterocycles. The summed E-state index contributed by atoms with van der Waals surface area (Å²) in [5, 5.41) is 10.1. The SMILES string of the molecule is COC(=O)C(=C1CN(Cc2cc(C#N)cc(-c3ccc(Cl)cc3)c2)C1)c1cc(F)cc(Br)c1. The lowest BCUT2D eigenvalue weighted by Crippen LogP contribution is -2.40. The minimum absolute atomic E-state index is 0.390. The summed E-state index contributed by atoms with van der Waals surface area (Å²) in [6.45, 7) is 1.71. The van der Waals surface area contributed by atoms with Crippen molar-refractivity contribution in [1.82, 2.24) is 4.90 Å². The number of hydrogen-bond acceptors (Lipinski definition) is 4. The number of benzene rings is 3. The minimum Gasteiger partial charge on any atom is -0.465 e. The van der Waals surface area contributed by atoms with Gasteiger partial charge in [0.1, 0.15) is 5.82 Å². The number of methoxy groups -OCH3 is 1. The van der Waals surface area contributed by atoms with Crippen LogP contribution in [0.3, 0.4) is 0 Å². The molecule has 4 rings (SSSR count). The maximum absolute atomic E-state index is 13.9. The van der Waals surface area contributed by atoms with Crippen molar-refractivity contribution in [2.45, 2.75) is 6.54 Å². The van der Waals surface area contributed by atoms with Crippen molar-refractivity contribution in [1.29, 1.82) is 5.26 Å². The van der Waals surface area contributed by atoms with Gasteiger partial charge in [-0.15, -0.1) is 0 Å². The number of esters is 1. The molecule has 0 N–H and O–H groups in total. The van der Waals surface area contributed by atoms with Crippen LogP contribution in [0.1, 0.15) is 16.7 Å². The van der Waals surface area contributed by atoms with E-state index in [0.717, 1.165) is 22.3 Å². The van der Waals surface area contributed by atoms with Crippen molar-refractivity contribution in [3.63, 3.8) is 0 Å². The van der Waals surface area contributed by atoms with Crippen LogP contribution in [0.2, 0.25) is 5.02 Å². The van der Waals surface area contributed by atoms with Crippen LogP contribution in [-0.2, 0) is 16.1 Å². The molecule has 1 aliphatic heterocycles. The maximum Gasteiger partial charge on any atom is 0.338 e. The number of carbonyl (C=O) groups excluding carboxylic acids is 1. The summed E-state index contributed by atoms with van der Waals surface area (Å²) < 4.78 is 19.4. The lowest BCUT2D eigenvalue weighted by atomic mass is 9.93. The third-order valence-electron chi connectivity index (χ3n) is 5.43. The first-order valence-electron chi connectivity index (χ1n) is 10.2. The van der Waals surface area contributed by atoms with Gasteiger partial charge >= 0.3 is 5.97 Å². The van der Waals surface area contributed by atoms with Crippen LogP contribution in [0.4, 0.5) is 4.39 Å². The lowest BCUT2D eigenvalue weighted by Gasteiger charge is -2.35. The molecule has 3 aromatic rings. The first kappa shape index (κ1) is 23.2. The largest absolute Gasteiger partial charge is 0.465 e. The Hall–Kier alpha value is -2.98. The topological polar surface area (TPSA) is 53.3 Å². The Morgan fingerprint density at radius 1 is 1.12 bits per heavy atom. The third kappa shape index (κ3) is 5.33. The molecular weight excluding hydrogens is 507 g/mol. The number of halogens is 3.